The molecular formula is C15H21N. The van der Waals surface area contributed by atoms with Crippen molar-refractivity contribution in [3.63, 3.8) is 0 Å². The Balaban J connectivity index is 2.30. The van der Waals surface area contributed by atoms with Crippen LogP contribution >= 0.6 is 0 Å². The van der Waals surface area contributed by atoms with Crippen LogP contribution in [0.5, 0.6) is 0 Å². The highest BCUT2D eigenvalue weighted by atomic mass is 15.1. The van der Waals surface area contributed by atoms with Crippen molar-refractivity contribution >= 4 is 0 Å². The zero-order valence-electron chi connectivity index (χ0n) is 10.6. The Morgan fingerprint density at radius 1 is 1.50 bits per heavy atom. The molecule has 0 radical (unpaired) electrons. The van der Waals surface area contributed by atoms with Gasteiger partial charge in [0.05, 0.1) is 0 Å². The molecule has 0 spiro atoms. The highest BCUT2D eigenvalue weighted by Crippen LogP contribution is 2.35. The van der Waals surface area contributed by atoms with Gasteiger partial charge in [0.1, 0.15) is 0 Å². The predicted octanol–water partition coefficient (Wildman–Crippen LogP) is 3.67. The first-order chi connectivity index (χ1) is 7.61. The second-order valence-electron chi connectivity index (χ2n) is 4.89. The van der Waals surface area contributed by atoms with Crippen molar-refractivity contribution in [1.82, 2.24) is 4.90 Å². The molecule has 0 saturated heterocycles. The maximum absolute atomic E-state index is 4.11. The van der Waals surface area contributed by atoms with E-state index >= 15 is 0 Å². The molecule has 1 atom stereocenters. The van der Waals surface area contributed by atoms with Gasteiger partial charge >= 0.3 is 0 Å². The minimum absolute atomic E-state index is 0.516. The van der Waals surface area contributed by atoms with Gasteiger partial charge in [0, 0.05) is 25.2 Å². The van der Waals surface area contributed by atoms with Crippen LogP contribution in [0, 0.1) is 5.92 Å². The van der Waals surface area contributed by atoms with E-state index in [1.165, 1.54) is 22.4 Å². The summed E-state index contributed by atoms with van der Waals surface area (Å²) in [5.74, 6) is 0.516. The lowest BCUT2D eigenvalue weighted by Gasteiger charge is -2.36. The fourth-order valence-electron chi connectivity index (χ4n) is 2.59. The van der Waals surface area contributed by atoms with Gasteiger partial charge in [-0.2, -0.15) is 0 Å². The third-order valence-electron chi connectivity index (χ3n) is 3.65. The van der Waals surface area contributed by atoms with Crippen LogP contribution in [0.3, 0.4) is 0 Å². The summed E-state index contributed by atoms with van der Waals surface area (Å²) < 4.78 is 0. The van der Waals surface area contributed by atoms with Crippen LogP contribution in [0.15, 0.2) is 47.2 Å². The average molecular weight is 215 g/mol. The van der Waals surface area contributed by atoms with Gasteiger partial charge in [-0.15, -0.1) is 0 Å². The summed E-state index contributed by atoms with van der Waals surface area (Å²) in [5.41, 5.74) is 5.63. The molecule has 0 fully saturated rings. The molecule has 16 heavy (non-hydrogen) atoms. The maximum atomic E-state index is 4.11. The van der Waals surface area contributed by atoms with Crippen LogP contribution in [0.4, 0.5) is 0 Å². The second kappa shape index (κ2) is 4.32. The van der Waals surface area contributed by atoms with Gasteiger partial charge in [-0.25, -0.2) is 0 Å². The first kappa shape index (κ1) is 11.3. The number of rotatable bonds is 3. The molecule has 2 rings (SSSR count). The molecule has 1 heteroatoms. The van der Waals surface area contributed by atoms with Crippen molar-refractivity contribution in [1.29, 1.82) is 0 Å². The molecule has 0 saturated carbocycles. The number of hydrogen-bond acceptors (Lipinski definition) is 1. The number of nitrogens with zero attached hydrogens (tertiary/aromatic N) is 1. The molecule has 1 aliphatic carbocycles. The molecule has 0 aromatic carbocycles. The molecule has 0 bridgehead atoms. The standard InChI is InChI=1S/C15H21N/c1-11(2)13-7-5-6-8-14(13)12(3)15-9-10-16(15)4/h6,8-9,12H,1,5,7,10H2,2-4H3. The van der Waals surface area contributed by atoms with E-state index in [1.54, 1.807) is 0 Å². The Labute approximate surface area is 98.8 Å². The summed E-state index contributed by atoms with van der Waals surface area (Å²) >= 11 is 0. The summed E-state index contributed by atoms with van der Waals surface area (Å²) in [6, 6.07) is 0. The third kappa shape index (κ3) is 1.87. The first-order valence-corrected chi connectivity index (χ1v) is 6.08. The minimum atomic E-state index is 0.516. The molecule has 0 aromatic heterocycles. The van der Waals surface area contributed by atoms with E-state index in [-0.39, 0.29) is 0 Å². The largest absolute Gasteiger partial charge is 0.374 e. The van der Waals surface area contributed by atoms with Crippen molar-refractivity contribution in [3.8, 4) is 0 Å². The van der Waals surface area contributed by atoms with Crippen molar-refractivity contribution < 1.29 is 0 Å². The predicted molar refractivity (Wildman–Crippen MR) is 70.1 cm³/mol. The zero-order chi connectivity index (χ0) is 11.7. The topological polar surface area (TPSA) is 3.24 Å². The number of likely N-dealkylation sites (N-methyl/N-ethyl adjacent to an activating group) is 1. The van der Waals surface area contributed by atoms with Crippen molar-refractivity contribution in [2.24, 2.45) is 5.92 Å². The van der Waals surface area contributed by atoms with E-state index in [0.29, 0.717) is 5.92 Å². The monoisotopic (exact) mass is 215 g/mol. The SMILES string of the molecule is C=C(C)C1=C(C(C)C2=CCN2C)C=CCC1. The van der Waals surface area contributed by atoms with Crippen molar-refractivity contribution in [2.45, 2.75) is 26.7 Å². The molecule has 0 aromatic rings. The van der Waals surface area contributed by atoms with Crippen LogP contribution in [0.25, 0.3) is 0 Å². The van der Waals surface area contributed by atoms with Crippen molar-refractivity contribution in [2.75, 3.05) is 13.6 Å². The number of allylic oxidation sites excluding steroid dienone is 5. The molecule has 0 N–H and O–H groups in total. The van der Waals surface area contributed by atoms with Crippen LogP contribution in [0.2, 0.25) is 0 Å². The molecular weight excluding hydrogens is 194 g/mol. The Kier molecular flexibility index (Phi) is 3.04. The molecule has 1 heterocycles. The first-order valence-electron chi connectivity index (χ1n) is 6.08. The van der Waals surface area contributed by atoms with Crippen molar-refractivity contribution in [3.05, 3.63) is 47.2 Å². The summed E-state index contributed by atoms with van der Waals surface area (Å²) in [6.07, 6.45) is 9.23. The van der Waals surface area contributed by atoms with E-state index in [9.17, 15) is 0 Å². The Bertz CT molecular complexity index is 396. The van der Waals surface area contributed by atoms with Gasteiger partial charge in [-0.3, -0.25) is 0 Å². The van der Waals surface area contributed by atoms with Gasteiger partial charge in [-0.05, 0) is 37.0 Å². The van der Waals surface area contributed by atoms with Gasteiger partial charge < -0.3 is 4.90 Å². The summed E-state index contributed by atoms with van der Waals surface area (Å²) in [7, 11) is 2.17. The van der Waals surface area contributed by atoms with Crippen LogP contribution in [-0.4, -0.2) is 18.5 Å². The van der Waals surface area contributed by atoms with E-state index in [4.69, 9.17) is 0 Å². The van der Waals surface area contributed by atoms with E-state index in [2.05, 4.69) is 50.6 Å². The van der Waals surface area contributed by atoms with E-state index < -0.39 is 0 Å². The molecule has 0 amide bonds. The quantitative estimate of drug-likeness (QED) is 0.694. The molecule has 1 aliphatic heterocycles. The Morgan fingerprint density at radius 2 is 2.25 bits per heavy atom. The fraction of sp³-hybridized carbons (Fsp3) is 0.467. The van der Waals surface area contributed by atoms with E-state index in [1.807, 2.05) is 0 Å². The summed E-state index contributed by atoms with van der Waals surface area (Å²) in [4.78, 5) is 2.33. The summed E-state index contributed by atoms with van der Waals surface area (Å²) in [6.45, 7) is 9.63. The highest BCUT2D eigenvalue weighted by molar-refractivity contribution is 5.44. The normalized spacial score (nSPS) is 21.7. The van der Waals surface area contributed by atoms with Gasteiger partial charge in [-0.1, -0.05) is 31.2 Å². The maximum Gasteiger partial charge on any atom is 0.0373 e. The third-order valence-corrected chi connectivity index (χ3v) is 3.65. The van der Waals surface area contributed by atoms with Crippen LogP contribution in [-0.2, 0) is 0 Å². The van der Waals surface area contributed by atoms with Crippen LogP contribution in [0.1, 0.15) is 26.7 Å². The second-order valence-corrected chi connectivity index (χ2v) is 4.89. The van der Waals surface area contributed by atoms with Gasteiger partial charge in [0.25, 0.3) is 0 Å². The minimum Gasteiger partial charge on any atom is -0.374 e. The van der Waals surface area contributed by atoms with Gasteiger partial charge in [0.2, 0.25) is 0 Å². The molecule has 1 unspecified atom stereocenters. The zero-order valence-corrected chi connectivity index (χ0v) is 10.6. The Morgan fingerprint density at radius 3 is 2.75 bits per heavy atom. The lowest BCUT2D eigenvalue weighted by Crippen LogP contribution is -2.32. The smallest absolute Gasteiger partial charge is 0.0373 e. The lowest BCUT2D eigenvalue weighted by atomic mass is 9.83. The fourth-order valence-corrected chi connectivity index (χ4v) is 2.59. The average Bonchev–Trinajstić information content (AvgIpc) is 2.27. The molecule has 2 aliphatic rings. The summed E-state index contributed by atoms with van der Waals surface area (Å²) in [5, 5.41) is 0. The number of hydrogen-bond donors (Lipinski definition) is 0. The highest BCUT2D eigenvalue weighted by Gasteiger charge is 2.24. The molecule has 1 nitrogen and oxygen atoms in total. The van der Waals surface area contributed by atoms with E-state index in [0.717, 1.165) is 19.4 Å². The molecule has 86 valence electrons. The lowest BCUT2D eigenvalue weighted by molar-refractivity contribution is 0.365. The van der Waals surface area contributed by atoms with Gasteiger partial charge in [0.15, 0.2) is 0 Å². The van der Waals surface area contributed by atoms with Crippen LogP contribution < -0.4 is 0 Å². The Hall–Kier alpha value is -1.24.